The Morgan fingerprint density at radius 2 is 2.00 bits per heavy atom. The molecule has 98 valence electrons. The number of hydrogen-bond acceptors (Lipinski definition) is 1. The Kier molecular flexibility index (Phi) is 4.62. The van der Waals surface area contributed by atoms with Crippen molar-refractivity contribution in [2.75, 3.05) is 13.1 Å². The van der Waals surface area contributed by atoms with Crippen LogP contribution in [0.25, 0.3) is 0 Å². The Balaban J connectivity index is 2.11. The van der Waals surface area contributed by atoms with Crippen LogP contribution in [0.3, 0.4) is 0 Å². The zero-order valence-corrected chi connectivity index (χ0v) is 12.2. The van der Waals surface area contributed by atoms with E-state index >= 15 is 0 Å². The lowest BCUT2D eigenvalue weighted by Gasteiger charge is -2.28. The molecule has 0 N–H and O–H groups in total. The van der Waals surface area contributed by atoms with Crippen LogP contribution in [0, 0.1) is 5.82 Å². The molecule has 1 amide bonds. The summed E-state index contributed by atoms with van der Waals surface area (Å²) in [6.07, 6.45) is 3.19. The highest BCUT2D eigenvalue weighted by Gasteiger charge is 2.25. The quantitative estimate of drug-likeness (QED) is 0.752. The summed E-state index contributed by atoms with van der Waals surface area (Å²) in [6.45, 7) is 1.50. The number of likely N-dealkylation sites (tertiary alicyclic amines) is 1. The van der Waals surface area contributed by atoms with Crippen LogP contribution in [0.5, 0.6) is 0 Å². The molecular weight excluding hydrogens is 321 g/mol. The molecule has 1 heterocycles. The van der Waals surface area contributed by atoms with E-state index in [9.17, 15) is 9.18 Å². The summed E-state index contributed by atoms with van der Waals surface area (Å²) >= 11 is 9.22. The molecule has 1 fully saturated rings. The molecule has 1 aliphatic heterocycles. The van der Waals surface area contributed by atoms with Gasteiger partial charge in [-0.15, -0.1) is 11.6 Å². The maximum absolute atomic E-state index is 13.4. The number of carbonyl (C=O) groups is 1. The van der Waals surface area contributed by atoms with E-state index in [0.29, 0.717) is 10.0 Å². The van der Waals surface area contributed by atoms with Gasteiger partial charge in [0, 0.05) is 13.1 Å². The number of carbonyl (C=O) groups excluding carboxylic acids is 1. The van der Waals surface area contributed by atoms with Gasteiger partial charge in [0.15, 0.2) is 0 Å². The van der Waals surface area contributed by atoms with Crippen LogP contribution in [0.4, 0.5) is 4.39 Å². The van der Waals surface area contributed by atoms with Gasteiger partial charge in [-0.1, -0.05) is 6.07 Å². The molecule has 0 bridgehead atoms. The zero-order chi connectivity index (χ0) is 13.1. The SMILES string of the molecule is O=C(C(Cl)c1ccc(Br)c(F)c1)N1CCCCC1. The summed E-state index contributed by atoms with van der Waals surface area (Å²) in [5.74, 6) is -0.525. The fourth-order valence-corrected chi connectivity index (χ4v) is 2.61. The van der Waals surface area contributed by atoms with Crippen LogP contribution < -0.4 is 0 Å². The summed E-state index contributed by atoms with van der Waals surface area (Å²) < 4.78 is 13.8. The topological polar surface area (TPSA) is 20.3 Å². The van der Waals surface area contributed by atoms with Crippen LogP contribution in [-0.4, -0.2) is 23.9 Å². The third-order valence-corrected chi connectivity index (χ3v) is 4.20. The van der Waals surface area contributed by atoms with Gasteiger partial charge >= 0.3 is 0 Å². The van der Waals surface area contributed by atoms with E-state index in [4.69, 9.17) is 11.6 Å². The maximum atomic E-state index is 13.4. The van der Waals surface area contributed by atoms with E-state index < -0.39 is 11.2 Å². The lowest BCUT2D eigenvalue weighted by molar-refractivity contribution is -0.131. The van der Waals surface area contributed by atoms with Crippen molar-refractivity contribution in [3.63, 3.8) is 0 Å². The normalized spacial score (nSPS) is 17.6. The third kappa shape index (κ3) is 3.04. The van der Waals surface area contributed by atoms with Crippen molar-refractivity contribution in [1.82, 2.24) is 4.90 Å². The minimum absolute atomic E-state index is 0.127. The van der Waals surface area contributed by atoms with E-state index in [1.165, 1.54) is 6.07 Å². The minimum atomic E-state index is -0.800. The van der Waals surface area contributed by atoms with Gasteiger partial charge in [0.2, 0.25) is 5.91 Å². The van der Waals surface area contributed by atoms with Gasteiger partial charge in [-0.25, -0.2) is 4.39 Å². The molecule has 1 aliphatic rings. The van der Waals surface area contributed by atoms with E-state index in [2.05, 4.69) is 15.9 Å². The first-order valence-electron chi connectivity index (χ1n) is 5.97. The highest BCUT2D eigenvalue weighted by Crippen LogP contribution is 2.27. The maximum Gasteiger partial charge on any atom is 0.245 e. The molecule has 1 atom stereocenters. The van der Waals surface area contributed by atoms with Crippen molar-refractivity contribution < 1.29 is 9.18 Å². The third-order valence-electron chi connectivity index (χ3n) is 3.12. The van der Waals surface area contributed by atoms with Gasteiger partial charge in [-0.2, -0.15) is 0 Å². The molecule has 1 aromatic rings. The Labute approximate surface area is 119 Å². The van der Waals surface area contributed by atoms with Crippen LogP contribution in [-0.2, 0) is 4.79 Å². The van der Waals surface area contributed by atoms with Gasteiger partial charge in [0.25, 0.3) is 0 Å². The summed E-state index contributed by atoms with van der Waals surface area (Å²) in [4.78, 5) is 13.9. The molecule has 0 spiro atoms. The Morgan fingerprint density at radius 1 is 1.33 bits per heavy atom. The lowest BCUT2D eigenvalue weighted by Crippen LogP contribution is -2.37. The van der Waals surface area contributed by atoms with E-state index in [-0.39, 0.29) is 5.91 Å². The van der Waals surface area contributed by atoms with Gasteiger partial charge in [0.05, 0.1) is 4.47 Å². The standard InChI is InChI=1S/C13H14BrClFNO/c14-10-5-4-9(8-11(10)16)12(15)13(18)17-6-2-1-3-7-17/h4-5,8,12H,1-3,6-7H2. The van der Waals surface area contributed by atoms with Crippen LogP contribution >= 0.6 is 27.5 Å². The van der Waals surface area contributed by atoms with Crippen molar-refractivity contribution in [3.05, 3.63) is 34.1 Å². The monoisotopic (exact) mass is 333 g/mol. The molecule has 1 unspecified atom stereocenters. The predicted molar refractivity (Wildman–Crippen MR) is 73.1 cm³/mol. The number of hydrogen-bond donors (Lipinski definition) is 0. The second kappa shape index (κ2) is 6.02. The average Bonchev–Trinajstić information content (AvgIpc) is 2.41. The van der Waals surface area contributed by atoms with Gasteiger partial charge in [-0.3, -0.25) is 4.79 Å². The fraction of sp³-hybridized carbons (Fsp3) is 0.462. The van der Waals surface area contributed by atoms with E-state index in [0.717, 1.165) is 32.4 Å². The Morgan fingerprint density at radius 3 is 2.61 bits per heavy atom. The van der Waals surface area contributed by atoms with E-state index in [1.807, 2.05) is 0 Å². The molecule has 0 aromatic heterocycles. The van der Waals surface area contributed by atoms with Gasteiger partial charge in [-0.05, 0) is 52.9 Å². The van der Waals surface area contributed by atoms with Crippen LogP contribution in [0.2, 0.25) is 0 Å². The largest absolute Gasteiger partial charge is 0.341 e. The molecule has 2 nitrogen and oxygen atoms in total. The van der Waals surface area contributed by atoms with Crippen LogP contribution in [0.15, 0.2) is 22.7 Å². The lowest BCUT2D eigenvalue weighted by atomic mass is 10.1. The number of nitrogens with zero attached hydrogens (tertiary/aromatic N) is 1. The molecule has 0 radical (unpaired) electrons. The number of piperidine rings is 1. The Bertz CT molecular complexity index is 449. The minimum Gasteiger partial charge on any atom is -0.341 e. The second-order valence-electron chi connectivity index (χ2n) is 4.42. The van der Waals surface area contributed by atoms with Gasteiger partial charge in [0.1, 0.15) is 11.2 Å². The summed E-state index contributed by atoms with van der Waals surface area (Å²) in [6, 6.07) is 4.56. The van der Waals surface area contributed by atoms with Crippen molar-refractivity contribution in [2.24, 2.45) is 0 Å². The summed E-state index contributed by atoms with van der Waals surface area (Å²) in [7, 11) is 0. The number of halogens is 3. The number of alkyl halides is 1. The van der Waals surface area contributed by atoms with Crippen molar-refractivity contribution in [3.8, 4) is 0 Å². The predicted octanol–water partition coefficient (Wildman–Crippen LogP) is 3.88. The molecular formula is C13H14BrClFNO. The van der Waals surface area contributed by atoms with Crippen molar-refractivity contribution in [2.45, 2.75) is 24.6 Å². The first kappa shape index (κ1) is 13.8. The summed E-state index contributed by atoms with van der Waals surface area (Å²) in [5.41, 5.74) is 0.507. The van der Waals surface area contributed by atoms with Crippen molar-refractivity contribution in [1.29, 1.82) is 0 Å². The first-order chi connectivity index (χ1) is 8.59. The van der Waals surface area contributed by atoms with Crippen LogP contribution in [0.1, 0.15) is 30.2 Å². The molecule has 5 heteroatoms. The molecule has 2 rings (SSSR count). The molecule has 1 saturated heterocycles. The van der Waals surface area contributed by atoms with E-state index in [1.54, 1.807) is 17.0 Å². The first-order valence-corrected chi connectivity index (χ1v) is 7.20. The molecule has 0 saturated carbocycles. The fourth-order valence-electron chi connectivity index (χ4n) is 2.09. The average molecular weight is 335 g/mol. The second-order valence-corrected chi connectivity index (χ2v) is 5.71. The molecule has 0 aliphatic carbocycles. The van der Waals surface area contributed by atoms with Crippen molar-refractivity contribution >= 4 is 33.4 Å². The zero-order valence-electron chi connectivity index (χ0n) is 9.83. The highest BCUT2D eigenvalue weighted by atomic mass is 79.9. The molecule has 1 aromatic carbocycles. The van der Waals surface area contributed by atoms with Gasteiger partial charge < -0.3 is 4.90 Å². The Hall–Kier alpha value is -0.610. The number of rotatable bonds is 2. The highest BCUT2D eigenvalue weighted by molar-refractivity contribution is 9.10. The molecule has 18 heavy (non-hydrogen) atoms. The summed E-state index contributed by atoms with van der Waals surface area (Å²) in [5, 5.41) is -0.800. The number of amides is 1. The number of benzene rings is 1. The smallest absolute Gasteiger partial charge is 0.245 e.